The quantitative estimate of drug-likeness (QED) is 0.137. The van der Waals surface area contributed by atoms with E-state index >= 15 is 0 Å². The third-order valence-electron chi connectivity index (χ3n) is 13.9. The molecule has 7 aromatic carbocycles. The van der Waals surface area contributed by atoms with Crippen LogP contribution in [0, 0.1) is 6.17 Å². The Kier molecular flexibility index (Phi) is 10.6. The lowest BCUT2D eigenvalue weighted by molar-refractivity contribution is 0.660. The first-order valence-electron chi connectivity index (χ1n) is 23.5. The first-order chi connectivity index (χ1) is 31.4. The number of hydrogen-bond acceptors (Lipinski definition) is 5. The molecule has 1 aliphatic carbocycles. The third-order valence-corrected chi connectivity index (χ3v) is 13.9. The van der Waals surface area contributed by atoms with Gasteiger partial charge in [-0.2, -0.15) is 0 Å². The maximum absolute atomic E-state index is 5.22. The van der Waals surface area contributed by atoms with Crippen LogP contribution >= 0.6 is 0 Å². The molecule has 8 aromatic rings. The minimum absolute atomic E-state index is 0.0822. The predicted molar refractivity (Wildman–Crippen MR) is 274 cm³/mol. The van der Waals surface area contributed by atoms with Crippen LogP contribution in [-0.4, -0.2) is 9.97 Å². The Labute approximate surface area is 386 Å². The summed E-state index contributed by atoms with van der Waals surface area (Å²) in [7, 11) is 0. The Morgan fingerprint density at radius 1 is 0.462 bits per heavy atom. The maximum atomic E-state index is 5.22. The first kappa shape index (κ1) is 42.2. The van der Waals surface area contributed by atoms with Crippen LogP contribution in [-0.2, 0) is 5.41 Å². The summed E-state index contributed by atoms with van der Waals surface area (Å²) in [6.07, 6.45) is 4.73. The second-order valence-electron chi connectivity index (χ2n) is 19.7. The molecule has 1 aromatic heterocycles. The van der Waals surface area contributed by atoms with Gasteiger partial charge in [0.05, 0.1) is 17.1 Å². The van der Waals surface area contributed by atoms with E-state index in [-0.39, 0.29) is 29.1 Å². The van der Waals surface area contributed by atoms with Gasteiger partial charge in [-0.3, -0.25) is 9.80 Å². The van der Waals surface area contributed by atoms with E-state index in [1.165, 1.54) is 66.7 Å². The Hall–Kier alpha value is -6.72. The smallest absolute Gasteiger partial charge is 0.199 e. The summed E-state index contributed by atoms with van der Waals surface area (Å²) in [5.74, 6) is 2.77. The number of para-hydroxylation sites is 2. The van der Waals surface area contributed by atoms with E-state index in [1.54, 1.807) is 0 Å². The molecule has 0 N–H and O–H groups in total. The maximum Gasteiger partial charge on any atom is 0.199 e. The zero-order chi connectivity index (χ0) is 45.3. The van der Waals surface area contributed by atoms with Crippen molar-refractivity contribution < 1.29 is 0 Å². The van der Waals surface area contributed by atoms with Crippen LogP contribution < -0.4 is 14.7 Å². The average molecular weight is 851 g/mol. The molecule has 5 heteroatoms. The van der Waals surface area contributed by atoms with Gasteiger partial charge in [0.25, 0.3) is 0 Å². The highest BCUT2D eigenvalue weighted by atomic mass is 15.5. The Balaban J connectivity index is 1.21. The van der Waals surface area contributed by atoms with Gasteiger partial charge < -0.3 is 4.90 Å². The van der Waals surface area contributed by atoms with Crippen LogP contribution in [0.1, 0.15) is 132 Å². The van der Waals surface area contributed by atoms with Gasteiger partial charge in [0.1, 0.15) is 0 Å². The van der Waals surface area contributed by atoms with Crippen molar-refractivity contribution in [2.24, 2.45) is 0 Å². The number of nitrogens with zero attached hydrogens (tertiary/aromatic N) is 5. The van der Waals surface area contributed by atoms with Crippen molar-refractivity contribution in [2.75, 3.05) is 14.7 Å². The van der Waals surface area contributed by atoms with Crippen LogP contribution in [0.2, 0.25) is 0 Å². The Morgan fingerprint density at radius 2 is 0.938 bits per heavy atom. The van der Waals surface area contributed by atoms with Gasteiger partial charge >= 0.3 is 0 Å². The molecule has 0 amide bonds. The summed E-state index contributed by atoms with van der Waals surface area (Å²) < 4.78 is 0. The molecule has 1 radical (unpaired) electrons. The van der Waals surface area contributed by atoms with E-state index in [0.717, 1.165) is 40.4 Å². The molecule has 0 atom stereocenters. The highest BCUT2D eigenvalue weighted by Gasteiger charge is 2.46. The standard InChI is InChI=1S/C60H60N5/c1-37(2)45-22-16-23-46(38(3)4)55(45)64-57-58(62-35-34-61-57)65(56-47(39(5)6)24-17-25-48(56)40(7)8)59(64)42-28-30-43(31-29-42)63(54-27-15-19-41-18-11-12-20-49(41)54)44-32-33-53-51(36-44)50-21-13-14-26-52(50)60(53,9)10/h11-40H,1-10H3. The van der Waals surface area contributed by atoms with Gasteiger partial charge in [-0.25, -0.2) is 9.97 Å². The van der Waals surface area contributed by atoms with E-state index in [2.05, 4.69) is 230 Å². The molecule has 0 fully saturated rings. The molecule has 2 aliphatic rings. The Morgan fingerprint density at radius 3 is 1.51 bits per heavy atom. The fourth-order valence-electron chi connectivity index (χ4n) is 10.6. The molecule has 0 unspecified atom stereocenters. The van der Waals surface area contributed by atoms with E-state index in [9.17, 15) is 0 Å². The lowest BCUT2D eigenvalue weighted by atomic mass is 9.82. The molecule has 5 nitrogen and oxygen atoms in total. The van der Waals surface area contributed by atoms with Gasteiger partial charge in [0.2, 0.25) is 0 Å². The van der Waals surface area contributed by atoms with Gasteiger partial charge in [-0.15, -0.1) is 0 Å². The number of anilines is 7. The minimum atomic E-state index is -0.0822. The highest BCUT2D eigenvalue weighted by molar-refractivity contribution is 6.00. The number of aromatic nitrogens is 2. The molecule has 2 heterocycles. The van der Waals surface area contributed by atoms with Crippen LogP contribution in [0.4, 0.5) is 40.1 Å². The zero-order valence-electron chi connectivity index (χ0n) is 39.6. The molecular formula is C60H60N5. The lowest BCUT2D eigenvalue weighted by Crippen LogP contribution is -2.34. The molecule has 1 aliphatic heterocycles. The van der Waals surface area contributed by atoms with Gasteiger partial charge in [0, 0.05) is 40.1 Å². The van der Waals surface area contributed by atoms with E-state index in [4.69, 9.17) is 9.97 Å². The lowest BCUT2D eigenvalue weighted by Gasteiger charge is -2.37. The average Bonchev–Trinajstić information content (AvgIpc) is 3.77. The van der Waals surface area contributed by atoms with Crippen molar-refractivity contribution in [3.63, 3.8) is 0 Å². The monoisotopic (exact) mass is 850 g/mol. The summed E-state index contributed by atoms with van der Waals surface area (Å²) in [5, 5.41) is 2.41. The molecule has 0 saturated heterocycles. The van der Waals surface area contributed by atoms with Crippen LogP contribution in [0.3, 0.4) is 0 Å². The number of hydrogen-bond donors (Lipinski definition) is 0. The van der Waals surface area contributed by atoms with Crippen LogP contribution in [0.5, 0.6) is 0 Å². The van der Waals surface area contributed by atoms with Crippen molar-refractivity contribution in [3.05, 3.63) is 203 Å². The predicted octanol–water partition coefficient (Wildman–Crippen LogP) is 16.7. The molecule has 0 spiro atoms. The van der Waals surface area contributed by atoms with Gasteiger partial charge in [0.15, 0.2) is 17.8 Å². The van der Waals surface area contributed by atoms with Gasteiger partial charge in [-0.1, -0.05) is 184 Å². The largest absolute Gasteiger partial charge is 0.310 e. The number of fused-ring (bicyclic) bond motifs is 5. The van der Waals surface area contributed by atoms with Crippen molar-refractivity contribution in [1.29, 1.82) is 0 Å². The summed E-state index contributed by atoms with van der Waals surface area (Å²) in [6.45, 7) is 23.1. The normalized spacial score (nSPS) is 14.2. The SMILES string of the molecule is CC(C)c1cccc(C(C)C)c1N1[C](c2ccc(N(c3ccc4c(c3)-c3ccccc3C4(C)C)c3cccc4ccccc34)cc2)N(c2c(C(C)C)cccc2C(C)C)c2nccnc21. The first-order valence-corrected chi connectivity index (χ1v) is 23.5. The molecule has 325 valence electrons. The second-order valence-corrected chi connectivity index (χ2v) is 19.7. The number of rotatable bonds is 10. The Bertz CT molecular complexity index is 2920. The van der Waals surface area contributed by atoms with Crippen LogP contribution in [0.25, 0.3) is 21.9 Å². The van der Waals surface area contributed by atoms with E-state index in [1.807, 2.05) is 12.4 Å². The van der Waals surface area contributed by atoms with E-state index < -0.39 is 0 Å². The van der Waals surface area contributed by atoms with Crippen molar-refractivity contribution in [3.8, 4) is 11.1 Å². The zero-order valence-corrected chi connectivity index (χ0v) is 39.6. The summed E-state index contributed by atoms with van der Waals surface area (Å²) in [5.41, 5.74) is 17.2. The van der Waals surface area contributed by atoms with E-state index in [0.29, 0.717) is 0 Å². The number of benzene rings is 7. The van der Waals surface area contributed by atoms with Crippen LogP contribution in [0.15, 0.2) is 158 Å². The second kappa shape index (κ2) is 16.4. The molecule has 0 saturated carbocycles. The highest BCUT2D eigenvalue weighted by Crippen LogP contribution is 2.57. The van der Waals surface area contributed by atoms with Crippen molar-refractivity contribution in [2.45, 2.75) is 98.3 Å². The minimum Gasteiger partial charge on any atom is -0.310 e. The molecule has 0 bridgehead atoms. The van der Waals surface area contributed by atoms with Gasteiger partial charge in [-0.05, 0) is 104 Å². The summed E-state index contributed by atoms with van der Waals surface area (Å²) >= 11 is 0. The summed E-state index contributed by atoms with van der Waals surface area (Å²) in [6, 6.07) is 54.3. The molecule has 10 rings (SSSR count). The fraction of sp³-hybridized carbons (Fsp3) is 0.250. The van der Waals surface area contributed by atoms with Crippen molar-refractivity contribution >= 4 is 50.8 Å². The molecule has 65 heavy (non-hydrogen) atoms. The summed E-state index contributed by atoms with van der Waals surface area (Å²) in [4.78, 5) is 17.8. The molecular weight excluding hydrogens is 791 g/mol. The van der Waals surface area contributed by atoms with Crippen molar-refractivity contribution in [1.82, 2.24) is 9.97 Å². The topological polar surface area (TPSA) is 35.5 Å². The fourth-order valence-corrected chi connectivity index (χ4v) is 10.6. The third kappa shape index (κ3) is 6.90.